The summed E-state index contributed by atoms with van der Waals surface area (Å²) in [5.41, 5.74) is 0.270. The maximum atomic E-state index is 12.0. The fourth-order valence-electron chi connectivity index (χ4n) is 1.71. The molecule has 2 rings (SSSR count). The van der Waals surface area contributed by atoms with Crippen molar-refractivity contribution in [2.45, 2.75) is 17.7 Å². The summed E-state index contributed by atoms with van der Waals surface area (Å²) in [6.07, 6.45) is 1.19. The van der Waals surface area contributed by atoms with E-state index in [2.05, 4.69) is 6.92 Å². The zero-order valence-corrected chi connectivity index (χ0v) is 9.53. The lowest BCUT2D eigenvalue weighted by Crippen LogP contribution is -2.30. The summed E-state index contributed by atoms with van der Waals surface area (Å²) >= 11 is 0. The zero-order valence-electron chi connectivity index (χ0n) is 8.72. The molecule has 0 saturated heterocycles. The van der Waals surface area contributed by atoms with Crippen LogP contribution >= 0.6 is 0 Å². The number of nitrogens with zero attached hydrogens (tertiary/aromatic N) is 1. The summed E-state index contributed by atoms with van der Waals surface area (Å²) in [4.78, 5) is 12.0. The van der Waals surface area contributed by atoms with Gasteiger partial charge in [-0.1, -0.05) is 25.5 Å². The van der Waals surface area contributed by atoms with Crippen molar-refractivity contribution >= 4 is 15.9 Å². The van der Waals surface area contributed by atoms with Gasteiger partial charge in [0, 0.05) is 6.54 Å². The number of hydrogen-bond acceptors (Lipinski definition) is 3. The molecule has 4 nitrogen and oxygen atoms in total. The number of sulfonamides is 1. The first kappa shape index (κ1) is 11.1. The summed E-state index contributed by atoms with van der Waals surface area (Å²) < 4.78 is 24.9. The van der Waals surface area contributed by atoms with Gasteiger partial charge in [-0.15, -0.1) is 0 Å². The van der Waals surface area contributed by atoms with E-state index in [1.54, 1.807) is 18.2 Å². The quantitative estimate of drug-likeness (QED) is 0.800. The minimum Gasteiger partial charge on any atom is -0.268 e. The number of rotatable bonds is 3. The van der Waals surface area contributed by atoms with E-state index in [1.807, 2.05) is 0 Å². The minimum absolute atomic E-state index is 0.115. The summed E-state index contributed by atoms with van der Waals surface area (Å²) in [5, 5.41) is 0. The Balaban J connectivity index is 2.46. The molecule has 16 heavy (non-hydrogen) atoms. The van der Waals surface area contributed by atoms with Gasteiger partial charge in [-0.3, -0.25) is 4.79 Å². The van der Waals surface area contributed by atoms with E-state index in [0.29, 0.717) is 12.8 Å². The van der Waals surface area contributed by atoms with E-state index in [4.69, 9.17) is 0 Å². The van der Waals surface area contributed by atoms with E-state index in [0.717, 1.165) is 4.31 Å². The highest BCUT2D eigenvalue weighted by molar-refractivity contribution is 7.90. The van der Waals surface area contributed by atoms with Crippen LogP contribution in [0.25, 0.3) is 0 Å². The van der Waals surface area contributed by atoms with Crippen LogP contribution in [0.5, 0.6) is 0 Å². The van der Waals surface area contributed by atoms with Crippen LogP contribution in [0.4, 0.5) is 0 Å². The lowest BCUT2D eigenvalue weighted by Gasteiger charge is -2.13. The van der Waals surface area contributed by atoms with Crippen LogP contribution in [0.15, 0.2) is 29.2 Å². The smallest absolute Gasteiger partial charge is 0.268 e. The molecule has 0 saturated carbocycles. The standard InChI is InChI=1S/C11H12NO3S/c1-2-3-8-12-11(13)9-6-4-5-7-10(9)16(12,14)15/h4-7H,1-3,8H2. The largest absolute Gasteiger partial charge is 0.269 e. The molecule has 1 heterocycles. The maximum absolute atomic E-state index is 12.0. The minimum atomic E-state index is -3.61. The van der Waals surface area contributed by atoms with Crippen molar-refractivity contribution in [3.8, 4) is 0 Å². The van der Waals surface area contributed by atoms with Crippen molar-refractivity contribution in [3.63, 3.8) is 0 Å². The Morgan fingerprint density at radius 1 is 1.25 bits per heavy atom. The highest BCUT2D eigenvalue weighted by Crippen LogP contribution is 2.29. The van der Waals surface area contributed by atoms with Crippen molar-refractivity contribution < 1.29 is 13.2 Å². The summed E-state index contributed by atoms with van der Waals surface area (Å²) in [5.74, 6) is -0.427. The first-order chi connectivity index (χ1) is 7.59. The lowest BCUT2D eigenvalue weighted by molar-refractivity contribution is 0.0870. The SMILES string of the molecule is [CH2]CCCN1C(=O)c2ccccc2S1(=O)=O. The second kappa shape index (κ2) is 3.90. The molecule has 1 aromatic rings. The van der Waals surface area contributed by atoms with Gasteiger partial charge in [-0.2, -0.15) is 0 Å². The van der Waals surface area contributed by atoms with Crippen LogP contribution in [0.3, 0.4) is 0 Å². The molecule has 1 aliphatic heterocycles. The van der Waals surface area contributed by atoms with Gasteiger partial charge in [-0.25, -0.2) is 12.7 Å². The van der Waals surface area contributed by atoms with Crippen LogP contribution in [0, 0.1) is 6.92 Å². The van der Waals surface area contributed by atoms with Crippen molar-refractivity contribution in [2.24, 2.45) is 0 Å². The zero-order chi connectivity index (χ0) is 11.8. The fraction of sp³-hybridized carbons (Fsp3) is 0.273. The van der Waals surface area contributed by atoms with Crippen molar-refractivity contribution in [1.29, 1.82) is 0 Å². The van der Waals surface area contributed by atoms with E-state index in [9.17, 15) is 13.2 Å². The van der Waals surface area contributed by atoms with E-state index in [-0.39, 0.29) is 17.0 Å². The van der Waals surface area contributed by atoms with E-state index >= 15 is 0 Å². The van der Waals surface area contributed by atoms with Crippen molar-refractivity contribution in [2.75, 3.05) is 6.54 Å². The Hall–Kier alpha value is -1.36. The fourth-order valence-corrected chi connectivity index (χ4v) is 3.31. The summed E-state index contributed by atoms with van der Waals surface area (Å²) in [6, 6.07) is 6.29. The third-order valence-electron chi connectivity index (χ3n) is 2.52. The molecule has 5 heteroatoms. The number of benzene rings is 1. The molecule has 0 atom stereocenters. The molecule has 1 aliphatic rings. The number of carbonyl (C=O) groups excluding carboxylic acids is 1. The number of unbranched alkanes of at least 4 members (excludes halogenated alkanes) is 1. The van der Waals surface area contributed by atoms with E-state index in [1.165, 1.54) is 6.07 Å². The number of amides is 1. The van der Waals surface area contributed by atoms with Gasteiger partial charge in [0.2, 0.25) is 0 Å². The summed E-state index contributed by atoms with van der Waals surface area (Å²) in [6.45, 7) is 3.84. The number of hydrogen-bond donors (Lipinski definition) is 0. The van der Waals surface area contributed by atoms with Crippen molar-refractivity contribution in [1.82, 2.24) is 4.31 Å². The van der Waals surface area contributed by atoms with Gasteiger partial charge in [0.05, 0.1) is 5.56 Å². The lowest BCUT2D eigenvalue weighted by atomic mass is 10.2. The van der Waals surface area contributed by atoms with Crippen LogP contribution in [-0.2, 0) is 10.0 Å². The molecule has 0 fully saturated rings. The van der Waals surface area contributed by atoms with Gasteiger partial charge in [-0.05, 0) is 18.6 Å². The van der Waals surface area contributed by atoms with Gasteiger partial charge < -0.3 is 0 Å². The maximum Gasteiger partial charge on any atom is 0.269 e. The molecule has 1 aromatic carbocycles. The van der Waals surface area contributed by atoms with Crippen LogP contribution < -0.4 is 0 Å². The van der Waals surface area contributed by atoms with Crippen LogP contribution in [-0.4, -0.2) is 25.2 Å². The van der Waals surface area contributed by atoms with Crippen LogP contribution in [0.1, 0.15) is 23.2 Å². The molecule has 0 spiro atoms. The van der Waals surface area contributed by atoms with Gasteiger partial charge in [0.1, 0.15) is 4.90 Å². The molecular formula is C11H12NO3S. The second-order valence-electron chi connectivity index (χ2n) is 3.59. The number of carbonyl (C=O) groups is 1. The molecule has 1 radical (unpaired) electrons. The third kappa shape index (κ3) is 1.51. The molecule has 85 valence electrons. The van der Waals surface area contributed by atoms with E-state index < -0.39 is 15.9 Å². The van der Waals surface area contributed by atoms with Gasteiger partial charge >= 0.3 is 0 Å². The molecule has 0 N–H and O–H groups in total. The predicted molar refractivity (Wildman–Crippen MR) is 59.3 cm³/mol. The summed E-state index contributed by atoms with van der Waals surface area (Å²) in [7, 11) is -3.61. The Bertz CT molecular complexity index is 522. The van der Waals surface area contributed by atoms with Crippen LogP contribution in [0.2, 0.25) is 0 Å². The second-order valence-corrected chi connectivity index (χ2v) is 5.42. The Labute approximate surface area is 94.9 Å². The highest BCUT2D eigenvalue weighted by Gasteiger charge is 2.40. The Kier molecular flexibility index (Phi) is 2.71. The average molecular weight is 238 g/mol. The molecule has 0 unspecified atom stereocenters. The molecule has 1 amide bonds. The molecular weight excluding hydrogens is 226 g/mol. The normalized spacial score (nSPS) is 17.6. The number of fused-ring (bicyclic) bond motifs is 1. The Morgan fingerprint density at radius 3 is 2.56 bits per heavy atom. The van der Waals surface area contributed by atoms with Gasteiger partial charge in [0.25, 0.3) is 15.9 Å². The Morgan fingerprint density at radius 2 is 1.94 bits per heavy atom. The molecule has 0 aliphatic carbocycles. The van der Waals surface area contributed by atoms with Gasteiger partial charge in [0.15, 0.2) is 0 Å². The average Bonchev–Trinajstić information content (AvgIpc) is 2.46. The first-order valence-electron chi connectivity index (χ1n) is 5.04. The molecule has 0 aromatic heterocycles. The first-order valence-corrected chi connectivity index (χ1v) is 6.48. The monoisotopic (exact) mass is 238 g/mol. The molecule has 0 bridgehead atoms. The highest BCUT2D eigenvalue weighted by atomic mass is 32.2. The van der Waals surface area contributed by atoms with Crippen molar-refractivity contribution in [3.05, 3.63) is 36.8 Å². The topological polar surface area (TPSA) is 54.5 Å². The third-order valence-corrected chi connectivity index (χ3v) is 4.36. The predicted octanol–water partition coefficient (Wildman–Crippen LogP) is 1.45.